The third-order valence-corrected chi connectivity index (χ3v) is 2.64. The van der Waals surface area contributed by atoms with Gasteiger partial charge in [0.05, 0.1) is 0 Å². The number of anilines is 1. The molecule has 1 aromatic carbocycles. The molecule has 1 aromatic heterocycles. The lowest BCUT2D eigenvalue weighted by Crippen LogP contribution is -2.10. The second-order valence-corrected chi connectivity index (χ2v) is 4.24. The molecule has 16 heavy (non-hydrogen) atoms. The number of halogens is 1. The van der Waals surface area contributed by atoms with Gasteiger partial charge in [0.2, 0.25) is 0 Å². The molecule has 0 aliphatic rings. The Morgan fingerprint density at radius 1 is 1.38 bits per heavy atom. The lowest BCUT2D eigenvalue weighted by atomic mass is 10.2. The number of nitrogens with one attached hydrogen (secondary N) is 2. The Morgan fingerprint density at radius 3 is 2.62 bits per heavy atom. The number of hydrogen-bond acceptors (Lipinski definition) is 2. The molecule has 2 rings (SSSR count). The second kappa shape index (κ2) is 4.63. The van der Waals surface area contributed by atoms with E-state index in [-0.39, 0.29) is 0 Å². The molecule has 0 bridgehead atoms. The van der Waals surface area contributed by atoms with Gasteiger partial charge in [0.15, 0.2) is 5.82 Å². The van der Waals surface area contributed by atoms with Crippen LogP contribution in [0.4, 0.5) is 5.82 Å². The predicted molar refractivity (Wildman–Crippen MR) is 70.1 cm³/mol. The average Bonchev–Trinajstić information content (AvgIpc) is 2.65. The van der Waals surface area contributed by atoms with Gasteiger partial charge in [-0.15, -0.1) is 0 Å². The zero-order valence-corrected chi connectivity index (χ0v) is 10.2. The maximum absolute atomic E-state index is 5.80. The van der Waals surface area contributed by atoms with Crippen molar-refractivity contribution in [3.8, 4) is 0 Å². The summed E-state index contributed by atoms with van der Waals surface area (Å²) in [6.07, 6.45) is 0. The first kappa shape index (κ1) is 11.1. The summed E-state index contributed by atoms with van der Waals surface area (Å²) in [6.45, 7) is 1.93. The molecule has 0 unspecified atom stereocenters. The number of aromatic amines is 1. The van der Waals surface area contributed by atoms with Crippen LogP contribution in [-0.2, 0) is 0 Å². The van der Waals surface area contributed by atoms with E-state index in [1.165, 1.54) is 0 Å². The highest BCUT2D eigenvalue weighted by Crippen LogP contribution is 2.12. The summed E-state index contributed by atoms with van der Waals surface area (Å²) in [4.78, 5) is 0.628. The fourth-order valence-corrected chi connectivity index (χ4v) is 1.64. The third kappa shape index (κ3) is 2.59. The SMILES string of the molecule is Cc1cc(NC(=S)c2ccc(Cl)cc2)n[nH]1. The summed E-state index contributed by atoms with van der Waals surface area (Å²) in [5.74, 6) is 0.720. The molecule has 82 valence electrons. The number of aryl methyl sites for hydroxylation is 1. The van der Waals surface area contributed by atoms with Gasteiger partial charge in [-0.05, 0) is 19.1 Å². The summed E-state index contributed by atoms with van der Waals surface area (Å²) < 4.78 is 0. The molecule has 1 heterocycles. The highest BCUT2D eigenvalue weighted by atomic mass is 35.5. The van der Waals surface area contributed by atoms with Crippen LogP contribution < -0.4 is 5.32 Å². The molecule has 0 atom stereocenters. The van der Waals surface area contributed by atoms with Crippen LogP contribution in [0.25, 0.3) is 0 Å². The lowest BCUT2D eigenvalue weighted by Gasteiger charge is -2.04. The second-order valence-electron chi connectivity index (χ2n) is 3.40. The predicted octanol–water partition coefficient (Wildman–Crippen LogP) is 3.16. The third-order valence-electron chi connectivity index (χ3n) is 2.05. The molecular formula is C11H10ClN3S. The number of thiocarbonyl (C=S) groups is 1. The van der Waals surface area contributed by atoms with Crippen molar-refractivity contribution in [3.63, 3.8) is 0 Å². The summed E-state index contributed by atoms with van der Waals surface area (Å²) in [5.41, 5.74) is 1.90. The first-order valence-electron chi connectivity index (χ1n) is 4.74. The minimum atomic E-state index is 0.628. The van der Waals surface area contributed by atoms with Gasteiger partial charge in [-0.2, -0.15) is 5.10 Å². The molecule has 3 nitrogen and oxygen atoms in total. The first-order chi connectivity index (χ1) is 7.65. The molecule has 0 aliphatic carbocycles. The van der Waals surface area contributed by atoms with E-state index in [0.717, 1.165) is 17.1 Å². The smallest absolute Gasteiger partial charge is 0.153 e. The molecule has 2 N–H and O–H groups in total. The van der Waals surface area contributed by atoms with Gasteiger partial charge in [-0.3, -0.25) is 5.10 Å². The van der Waals surface area contributed by atoms with Crippen LogP contribution in [0.2, 0.25) is 5.02 Å². The zero-order valence-electron chi connectivity index (χ0n) is 8.62. The van der Waals surface area contributed by atoms with E-state index in [4.69, 9.17) is 23.8 Å². The van der Waals surface area contributed by atoms with Gasteiger partial charge in [0.1, 0.15) is 4.99 Å². The number of benzene rings is 1. The van der Waals surface area contributed by atoms with E-state index in [9.17, 15) is 0 Å². The van der Waals surface area contributed by atoms with E-state index < -0.39 is 0 Å². The van der Waals surface area contributed by atoms with Gasteiger partial charge < -0.3 is 5.32 Å². The van der Waals surface area contributed by atoms with Gasteiger partial charge in [0.25, 0.3) is 0 Å². The highest BCUT2D eigenvalue weighted by Gasteiger charge is 2.03. The fraction of sp³-hybridized carbons (Fsp3) is 0.0909. The maximum atomic E-state index is 5.80. The molecule has 0 saturated carbocycles. The van der Waals surface area contributed by atoms with Gasteiger partial charge in [0, 0.05) is 22.3 Å². The highest BCUT2D eigenvalue weighted by molar-refractivity contribution is 7.81. The van der Waals surface area contributed by atoms with Gasteiger partial charge in [-0.1, -0.05) is 36.0 Å². The summed E-state index contributed by atoms with van der Waals surface area (Å²) >= 11 is 11.0. The number of hydrogen-bond donors (Lipinski definition) is 2. The van der Waals surface area contributed by atoms with Crippen molar-refractivity contribution in [2.24, 2.45) is 0 Å². The van der Waals surface area contributed by atoms with E-state index in [2.05, 4.69) is 15.5 Å². The summed E-state index contributed by atoms with van der Waals surface area (Å²) in [6, 6.07) is 9.25. The molecule has 0 spiro atoms. The van der Waals surface area contributed by atoms with Crippen LogP contribution in [0.1, 0.15) is 11.3 Å². The van der Waals surface area contributed by atoms with E-state index in [1.54, 1.807) is 12.1 Å². The Kier molecular flexibility index (Phi) is 3.22. The first-order valence-corrected chi connectivity index (χ1v) is 5.53. The monoisotopic (exact) mass is 251 g/mol. The van der Waals surface area contributed by atoms with Gasteiger partial charge >= 0.3 is 0 Å². The topological polar surface area (TPSA) is 40.7 Å². The number of nitrogens with zero attached hydrogens (tertiary/aromatic N) is 1. The minimum absolute atomic E-state index is 0.628. The van der Waals surface area contributed by atoms with Crippen molar-refractivity contribution in [1.82, 2.24) is 10.2 Å². The average molecular weight is 252 g/mol. The Balaban J connectivity index is 2.11. The molecule has 0 aliphatic heterocycles. The number of rotatable bonds is 2. The molecule has 0 fully saturated rings. The van der Waals surface area contributed by atoms with Crippen molar-refractivity contribution < 1.29 is 0 Å². The minimum Gasteiger partial charge on any atom is -0.329 e. The van der Waals surface area contributed by atoms with Crippen LogP contribution in [0.5, 0.6) is 0 Å². The normalized spacial score (nSPS) is 10.1. The molecule has 2 aromatic rings. The van der Waals surface area contributed by atoms with E-state index in [1.807, 2.05) is 25.1 Å². The van der Waals surface area contributed by atoms with E-state index >= 15 is 0 Å². The summed E-state index contributed by atoms with van der Waals surface area (Å²) in [7, 11) is 0. The van der Waals surface area contributed by atoms with Gasteiger partial charge in [-0.25, -0.2) is 0 Å². The van der Waals surface area contributed by atoms with Crippen LogP contribution in [0.3, 0.4) is 0 Å². The maximum Gasteiger partial charge on any atom is 0.153 e. The standard InChI is InChI=1S/C11H10ClN3S/c1-7-6-10(15-14-7)13-11(16)8-2-4-9(12)5-3-8/h2-6H,1H3,(H2,13,14,15,16). The van der Waals surface area contributed by atoms with Crippen molar-refractivity contribution >= 4 is 34.6 Å². The molecule has 0 saturated heterocycles. The quantitative estimate of drug-likeness (QED) is 0.806. The van der Waals surface area contributed by atoms with Crippen molar-refractivity contribution in [2.45, 2.75) is 6.92 Å². The molecule has 0 radical (unpaired) electrons. The Hall–Kier alpha value is -1.39. The Bertz CT molecular complexity index is 504. The van der Waals surface area contributed by atoms with Crippen LogP contribution >= 0.6 is 23.8 Å². The molecular weight excluding hydrogens is 242 g/mol. The largest absolute Gasteiger partial charge is 0.329 e. The number of aromatic nitrogens is 2. The fourth-order valence-electron chi connectivity index (χ4n) is 1.27. The van der Waals surface area contributed by atoms with Crippen molar-refractivity contribution in [3.05, 3.63) is 46.6 Å². The molecule has 5 heteroatoms. The lowest BCUT2D eigenvalue weighted by molar-refractivity contribution is 1.05. The van der Waals surface area contributed by atoms with E-state index in [0.29, 0.717) is 10.0 Å². The zero-order chi connectivity index (χ0) is 11.5. The Morgan fingerprint density at radius 2 is 2.06 bits per heavy atom. The Labute approximate surface area is 104 Å². The van der Waals surface area contributed by atoms with Crippen LogP contribution in [0, 0.1) is 6.92 Å². The van der Waals surface area contributed by atoms with Crippen molar-refractivity contribution in [2.75, 3.05) is 5.32 Å². The number of H-pyrrole nitrogens is 1. The summed E-state index contributed by atoms with van der Waals surface area (Å²) in [5, 5.41) is 10.6. The van der Waals surface area contributed by atoms with Crippen molar-refractivity contribution in [1.29, 1.82) is 0 Å². The van der Waals surface area contributed by atoms with Crippen LogP contribution in [0.15, 0.2) is 30.3 Å². The molecule has 0 amide bonds. The van der Waals surface area contributed by atoms with Crippen LogP contribution in [-0.4, -0.2) is 15.2 Å².